The molecule has 1 aromatic heterocycles. The Morgan fingerprint density at radius 1 is 1.21 bits per heavy atom. The number of ether oxygens (including phenoxy) is 1. The van der Waals surface area contributed by atoms with E-state index in [9.17, 15) is 9.59 Å². The minimum absolute atomic E-state index is 0.00308. The normalized spacial score (nSPS) is 17.9. The Labute approximate surface area is 192 Å². The summed E-state index contributed by atoms with van der Waals surface area (Å²) in [6.45, 7) is 2.72. The summed E-state index contributed by atoms with van der Waals surface area (Å²) in [5, 5.41) is 14.6. The fourth-order valence-corrected chi connectivity index (χ4v) is 4.28. The molecule has 0 radical (unpaired) electrons. The minimum Gasteiger partial charge on any atom is -0.497 e. The number of methoxy groups -OCH3 is 1. The second-order valence-electron chi connectivity index (χ2n) is 8.17. The highest BCUT2D eigenvalue weighted by atomic mass is 16.5. The van der Waals surface area contributed by atoms with E-state index in [0.29, 0.717) is 18.1 Å². The molecule has 9 heteroatoms. The molecule has 33 heavy (non-hydrogen) atoms. The Kier molecular flexibility index (Phi) is 6.67. The highest BCUT2D eigenvalue weighted by Crippen LogP contribution is 2.39. The maximum Gasteiger partial charge on any atom is 0.230 e. The van der Waals surface area contributed by atoms with Crippen molar-refractivity contribution in [1.82, 2.24) is 25.1 Å². The number of hydrogen-bond acceptors (Lipinski definition) is 6. The number of likely N-dealkylation sites (tertiary alicyclic amines) is 1. The number of carbonyl (C=O) groups excluding carboxylic acids is 2. The van der Waals surface area contributed by atoms with Crippen molar-refractivity contribution in [3.8, 4) is 17.1 Å². The van der Waals surface area contributed by atoms with Crippen molar-refractivity contribution < 1.29 is 14.3 Å². The summed E-state index contributed by atoms with van der Waals surface area (Å²) in [5.41, 5.74) is 2.35. The molecule has 1 aliphatic rings. The van der Waals surface area contributed by atoms with Crippen LogP contribution >= 0.6 is 0 Å². The van der Waals surface area contributed by atoms with E-state index in [-0.39, 0.29) is 24.3 Å². The second-order valence-corrected chi connectivity index (χ2v) is 8.17. The number of nitrogens with zero attached hydrogens (tertiary/aromatic N) is 5. The van der Waals surface area contributed by atoms with Crippen LogP contribution in [-0.4, -0.2) is 50.6 Å². The molecule has 3 aromatic rings. The third-order valence-electron chi connectivity index (χ3n) is 5.99. The van der Waals surface area contributed by atoms with Crippen molar-refractivity contribution in [3.63, 3.8) is 0 Å². The quantitative estimate of drug-likeness (QED) is 0.568. The lowest BCUT2D eigenvalue weighted by Gasteiger charge is -2.28. The Morgan fingerprint density at radius 2 is 2.00 bits per heavy atom. The van der Waals surface area contributed by atoms with Crippen molar-refractivity contribution in [2.45, 2.75) is 32.2 Å². The maximum atomic E-state index is 13.4. The number of hydrogen-bond donors (Lipinski definition) is 1. The van der Waals surface area contributed by atoms with Crippen molar-refractivity contribution in [3.05, 3.63) is 54.1 Å². The van der Waals surface area contributed by atoms with E-state index < -0.39 is 5.92 Å². The van der Waals surface area contributed by atoms with Crippen LogP contribution in [0.3, 0.4) is 0 Å². The van der Waals surface area contributed by atoms with Gasteiger partial charge in [-0.2, -0.15) is 0 Å². The fourth-order valence-electron chi connectivity index (χ4n) is 4.28. The predicted molar refractivity (Wildman–Crippen MR) is 123 cm³/mol. The van der Waals surface area contributed by atoms with E-state index in [2.05, 4.69) is 27.8 Å². The predicted octanol–water partition coefficient (Wildman–Crippen LogP) is 3.21. The Bertz CT molecular complexity index is 1130. The second kappa shape index (κ2) is 9.81. The fraction of sp³-hybridized carbons (Fsp3) is 0.375. The molecular formula is C24H28N6O3. The molecule has 0 unspecified atom stereocenters. The van der Waals surface area contributed by atoms with Crippen molar-refractivity contribution >= 4 is 17.5 Å². The molecule has 2 atom stereocenters. The van der Waals surface area contributed by atoms with E-state index in [4.69, 9.17) is 4.74 Å². The molecule has 1 fully saturated rings. The van der Waals surface area contributed by atoms with Gasteiger partial charge in [0.25, 0.3) is 0 Å². The smallest absolute Gasteiger partial charge is 0.230 e. The van der Waals surface area contributed by atoms with Crippen LogP contribution in [0.4, 0.5) is 5.69 Å². The molecule has 1 N–H and O–H groups in total. The van der Waals surface area contributed by atoms with Crippen LogP contribution in [0, 0.1) is 5.92 Å². The average Bonchev–Trinajstić information content (AvgIpc) is 3.40. The van der Waals surface area contributed by atoms with Gasteiger partial charge in [0.05, 0.1) is 19.1 Å². The van der Waals surface area contributed by atoms with Gasteiger partial charge in [0.2, 0.25) is 11.8 Å². The number of tetrazole rings is 1. The topological polar surface area (TPSA) is 102 Å². The lowest BCUT2D eigenvalue weighted by atomic mass is 9.92. The Hall–Kier alpha value is -3.75. The van der Waals surface area contributed by atoms with Gasteiger partial charge >= 0.3 is 0 Å². The zero-order chi connectivity index (χ0) is 23.4. The molecule has 0 aliphatic carbocycles. The summed E-state index contributed by atoms with van der Waals surface area (Å²) in [7, 11) is 3.37. The summed E-state index contributed by atoms with van der Waals surface area (Å²) in [6, 6.07) is 14.7. The first-order chi connectivity index (χ1) is 16.0. The first-order valence-electron chi connectivity index (χ1n) is 11.1. The number of rotatable bonds is 8. The SMILES string of the molecule is CCCCN1C(=O)C[C@H](C(=O)Nc2cccc(-c3nnnn3C)c2)[C@@H]1c1ccc(OC)cc1. The molecule has 2 aromatic carbocycles. The number of unbranched alkanes of at least 4 members (excludes halogenated alkanes) is 1. The van der Waals surface area contributed by atoms with E-state index >= 15 is 0 Å². The van der Waals surface area contributed by atoms with Crippen molar-refractivity contribution in [2.75, 3.05) is 19.0 Å². The van der Waals surface area contributed by atoms with Crippen LogP contribution in [0.2, 0.25) is 0 Å². The average molecular weight is 449 g/mol. The van der Waals surface area contributed by atoms with Crippen LogP contribution in [-0.2, 0) is 16.6 Å². The molecule has 9 nitrogen and oxygen atoms in total. The van der Waals surface area contributed by atoms with Crippen LogP contribution in [0.15, 0.2) is 48.5 Å². The molecule has 0 spiro atoms. The summed E-state index contributed by atoms with van der Waals surface area (Å²) < 4.78 is 6.84. The largest absolute Gasteiger partial charge is 0.497 e. The minimum atomic E-state index is -0.497. The first-order valence-corrected chi connectivity index (χ1v) is 11.1. The van der Waals surface area contributed by atoms with Crippen LogP contribution in [0.25, 0.3) is 11.4 Å². The van der Waals surface area contributed by atoms with Crippen LogP contribution in [0.1, 0.15) is 37.8 Å². The highest BCUT2D eigenvalue weighted by Gasteiger charge is 2.44. The van der Waals surface area contributed by atoms with E-state index in [1.165, 1.54) is 0 Å². The summed E-state index contributed by atoms with van der Waals surface area (Å²) in [6.07, 6.45) is 2.04. The van der Waals surface area contributed by atoms with Gasteiger partial charge in [0.1, 0.15) is 5.75 Å². The van der Waals surface area contributed by atoms with Gasteiger partial charge in [-0.15, -0.1) is 5.10 Å². The summed E-state index contributed by atoms with van der Waals surface area (Å²) in [5.74, 6) is 0.658. The van der Waals surface area contributed by atoms with Gasteiger partial charge < -0.3 is 15.0 Å². The standard InChI is InChI=1S/C24H28N6O3/c1-4-5-13-30-21(31)15-20(22(30)16-9-11-19(33-3)12-10-16)24(32)25-18-8-6-7-17(14-18)23-26-27-28-29(23)2/h6-12,14,20,22H,4-5,13,15H2,1-3H3,(H,25,32)/t20-,22-/m0/s1. The molecule has 2 heterocycles. The molecule has 172 valence electrons. The zero-order valence-electron chi connectivity index (χ0n) is 19.1. The van der Waals surface area contributed by atoms with Crippen molar-refractivity contribution in [2.24, 2.45) is 13.0 Å². The van der Waals surface area contributed by atoms with E-state index in [1.807, 2.05) is 53.4 Å². The van der Waals surface area contributed by atoms with Crippen molar-refractivity contribution in [1.29, 1.82) is 0 Å². The first kappa shape index (κ1) is 22.4. The molecule has 4 rings (SSSR count). The van der Waals surface area contributed by atoms with Gasteiger partial charge in [-0.25, -0.2) is 4.68 Å². The summed E-state index contributed by atoms with van der Waals surface area (Å²) in [4.78, 5) is 28.1. The van der Waals surface area contributed by atoms with Gasteiger partial charge in [0, 0.05) is 31.3 Å². The molecule has 1 saturated heterocycles. The third-order valence-corrected chi connectivity index (χ3v) is 5.99. The van der Waals surface area contributed by atoms with E-state index in [0.717, 1.165) is 29.7 Å². The van der Waals surface area contributed by atoms with Gasteiger partial charge in [-0.1, -0.05) is 37.6 Å². The number of aryl methyl sites for hydroxylation is 1. The third kappa shape index (κ3) is 4.72. The van der Waals surface area contributed by atoms with Gasteiger partial charge in [0.15, 0.2) is 5.82 Å². The zero-order valence-corrected chi connectivity index (χ0v) is 19.1. The monoisotopic (exact) mass is 448 g/mol. The molecular weight excluding hydrogens is 420 g/mol. The lowest BCUT2D eigenvalue weighted by molar-refractivity contribution is -0.129. The number of anilines is 1. The number of amides is 2. The number of nitrogens with one attached hydrogen (secondary N) is 1. The van der Waals surface area contributed by atoms with Crippen LogP contribution in [0.5, 0.6) is 5.75 Å². The lowest BCUT2D eigenvalue weighted by Crippen LogP contribution is -2.33. The molecule has 0 saturated carbocycles. The maximum absolute atomic E-state index is 13.4. The summed E-state index contributed by atoms with van der Waals surface area (Å²) >= 11 is 0. The Morgan fingerprint density at radius 3 is 2.67 bits per heavy atom. The number of benzene rings is 2. The number of aromatic nitrogens is 4. The molecule has 1 aliphatic heterocycles. The highest BCUT2D eigenvalue weighted by molar-refractivity contribution is 5.98. The van der Waals surface area contributed by atoms with E-state index in [1.54, 1.807) is 18.8 Å². The number of carbonyl (C=O) groups is 2. The van der Waals surface area contributed by atoms with Gasteiger partial charge in [-0.05, 0) is 46.7 Å². The molecule has 0 bridgehead atoms. The molecule has 2 amide bonds. The van der Waals surface area contributed by atoms with Gasteiger partial charge in [-0.3, -0.25) is 9.59 Å². The van der Waals surface area contributed by atoms with Crippen LogP contribution < -0.4 is 10.1 Å². The Balaban J connectivity index is 1.59.